The fraction of sp³-hybridized carbons (Fsp3) is 0.571. The minimum atomic E-state index is 0.330. The monoisotopic (exact) mass is 398 g/mol. The van der Waals surface area contributed by atoms with E-state index < -0.39 is 0 Å². The van der Waals surface area contributed by atoms with Crippen LogP contribution in [0, 0.1) is 0 Å². The van der Waals surface area contributed by atoms with E-state index in [9.17, 15) is 0 Å². The molecule has 0 aliphatic carbocycles. The van der Waals surface area contributed by atoms with Crippen LogP contribution in [-0.2, 0) is 0 Å². The number of aliphatic hydroxyl groups excluding tert-OH is 1. The smallest absolute Gasteiger partial charge is 0.0431 e. The van der Waals surface area contributed by atoms with E-state index in [1.165, 1.54) is 6.42 Å². The van der Waals surface area contributed by atoms with Crippen LogP contribution in [-0.4, -0.2) is 11.7 Å². The summed E-state index contributed by atoms with van der Waals surface area (Å²) in [5, 5.41) is 8.71. The zero-order valence-corrected chi connectivity index (χ0v) is 19.0. The summed E-state index contributed by atoms with van der Waals surface area (Å²) in [4.78, 5) is 0. The van der Waals surface area contributed by atoms with Crippen molar-refractivity contribution in [3.05, 3.63) is 72.9 Å². The van der Waals surface area contributed by atoms with Crippen LogP contribution >= 0.6 is 0 Å². The quantitative estimate of drug-likeness (QED) is 0.160. The van der Waals surface area contributed by atoms with E-state index in [-0.39, 0.29) is 0 Å². The molecule has 0 fully saturated rings. The van der Waals surface area contributed by atoms with Crippen LogP contribution in [0.4, 0.5) is 0 Å². The Hall–Kier alpha value is -1.60. The van der Waals surface area contributed by atoms with Crippen molar-refractivity contribution in [2.45, 2.75) is 96.8 Å². The van der Waals surface area contributed by atoms with Crippen LogP contribution in [0.3, 0.4) is 0 Å². The molecule has 0 aromatic carbocycles. The van der Waals surface area contributed by atoms with Gasteiger partial charge in [-0.3, -0.25) is 0 Å². The van der Waals surface area contributed by atoms with E-state index in [0.29, 0.717) is 6.61 Å². The second kappa shape index (κ2) is 26.4. The molecule has 0 aromatic heterocycles. The van der Waals surface area contributed by atoms with Crippen LogP contribution in [0.5, 0.6) is 0 Å². The molecule has 0 saturated heterocycles. The summed E-state index contributed by atoms with van der Waals surface area (Å²) in [6, 6.07) is 0. The minimum Gasteiger partial charge on any atom is -0.396 e. The Morgan fingerprint density at radius 3 is 1.00 bits per heavy atom. The van der Waals surface area contributed by atoms with E-state index in [4.69, 9.17) is 5.11 Å². The number of allylic oxidation sites excluding steroid dienone is 12. The van der Waals surface area contributed by atoms with Gasteiger partial charge in [0.1, 0.15) is 0 Å². The fourth-order valence-corrected chi connectivity index (χ4v) is 2.86. The average molecular weight is 399 g/mol. The molecule has 0 saturated carbocycles. The Morgan fingerprint density at radius 2 is 0.690 bits per heavy atom. The third kappa shape index (κ3) is 26.4. The van der Waals surface area contributed by atoms with Crippen molar-refractivity contribution in [2.24, 2.45) is 0 Å². The van der Waals surface area contributed by atoms with Crippen LogP contribution in [0.15, 0.2) is 72.9 Å². The molecule has 1 nitrogen and oxygen atoms in total. The molecule has 0 amide bonds. The van der Waals surface area contributed by atoms with E-state index in [1.54, 1.807) is 0 Å². The molecule has 164 valence electrons. The van der Waals surface area contributed by atoms with Gasteiger partial charge >= 0.3 is 0 Å². The molecule has 0 bridgehead atoms. The lowest BCUT2D eigenvalue weighted by atomic mass is 10.1. The molecule has 29 heavy (non-hydrogen) atoms. The van der Waals surface area contributed by atoms with Gasteiger partial charge in [-0.15, -0.1) is 0 Å². The summed E-state index contributed by atoms with van der Waals surface area (Å²) in [7, 11) is 0. The van der Waals surface area contributed by atoms with Gasteiger partial charge in [0, 0.05) is 6.61 Å². The lowest BCUT2D eigenvalue weighted by Crippen LogP contribution is -1.81. The minimum absolute atomic E-state index is 0.330. The Morgan fingerprint density at radius 1 is 0.379 bits per heavy atom. The van der Waals surface area contributed by atoms with E-state index >= 15 is 0 Å². The lowest BCUT2D eigenvalue weighted by Gasteiger charge is -1.93. The second-order valence-electron chi connectivity index (χ2n) is 7.39. The van der Waals surface area contributed by atoms with Gasteiger partial charge in [-0.05, 0) is 90.4 Å². The Balaban J connectivity index is 3.36. The Labute approximate surface area is 181 Å². The molecular formula is C28H46O. The molecule has 0 aliphatic rings. The maximum absolute atomic E-state index is 8.71. The maximum atomic E-state index is 8.71. The third-order valence-electron chi connectivity index (χ3n) is 4.60. The van der Waals surface area contributed by atoms with Crippen LogP contribution < -0.4 is 0 Å². The van der Waals surface area contributed by atoms with Crippen LogP contribution in [0.25, 0.3) is 0 Å². The van der Waals surface area contributed by atoms with E-state index in [2.05, 4.69) is 79.8 Å². The molecule has 0 unspecified atom stereocenters. The highest BCUT2D eigenvalue weighted by molar-refractivity contribution is 4.93. The van der Waals surface area contributed by atoms with Crippen molar-refractivity contribution in [3.63, 3.8) is 0 Å². The van der Waals surface area contributed by atoms with Crippen molar-refractivity contribution < 1.29 is 5.11 Å². The molecule has 1 heteroatoms. The third-order valence-corrected chi connectivity index (χ3v) is 4.60. The van der Waals surface area contributed by atoms with Gasteiger partial charge in [0.15, 0.2) is 0 Å². The number of aliphatic hydroxyl groups is 1. The first-order valence-corrected chi connectivity index (χ1v) is 11.9. The summed E-state index contributed by atoms with van der Waals surface area (Å²) in [5.41, 5.74) is 0. The van der Waals surface area contributed by atoms with Crippen LogP contribution in [0.2, 0.25) is 0 Å². The lowest BCUT2D eigenvalue weighted by molar-refractivity contribution is 0.283. The summed E-state index contributed by atoms with van der Waals surface area (Å²) >= 11 is 0. The standard InChI is InChI=1S/C28H46O/c1-2-3-4-5-6-7-8-9-10-11-12-13-14-15-16-17-18-19-20-21-22-23-24-25-26-27-28-29/h2-3,6-7,10-11,14-15,18-19,22-23,29H,4-5,8-9,12-13,16-17,20-21,24-28H2,1H3. The topological polar surface area (TPSA) is 20.2 Å². The van der Waals surface area contributed by atoms with E-state index in [1.807, 2.05) is 0 Å². The van der Waals surface area contributed by atoms with Gasteiger partial charge in [-0.25, -0.2) is 0 Å². The molecule has 0 aliphatic heterocycles. The number of unbranched alkanes of at least 4 members (excludes halogenated alkanes) is 8. The second-order valence-corrected chi connectivity index (χ2v) is 7.39. The Kier molecular flexibility index (Phi) is 24.9. The predicted molar refractivity (Wildman–Crippen MR) is 132 cm³/mol. The van der Waals surface area contributed by atoms with Gasteiger partial charge in [0.05, 0.1) is 0 Å². The zero-order valence-electron chi connectivity index (χ0n) is 19.0. The van der Waals surface area contributed by atoms with Gasteiger partial charge in [-0.2, -0.15) is 0 Å². The van der Waals surface area contributed by atoms with Crippen molar-refractivity contribution in [1.29, 1.82) is 0 Å². The highest BCUT2D eigenvalue weighted by Crippen LogP contribution is 2.03. The number of hydrogen-bond acceptors (Lipinski definition) is 1. The van der Waals surface area contributed by atoms with Crippen molar-refractivity contribution in [1.82, 2.24) is 0 Å². The average Bonchev–Trinajstić information content (AvgIpc) is 2.74. The number of hydrogen-bond donors (Lipinski definition) is 1. The first-order chi connectivity index (χ1) is 14.4. The van der Waals surface area contributed by atoms with Gasteiger partial charge in [0.2, 0.25) is 0 Å². The predicted octanol–water partition coefficient (Wildman–Crippen LogP) is 8.80. The molecule has 0 spiro atoms. The first kappa shape index (κ1) is 27.4. The van der Waals surface area contributed by atoms with Gasteiger partial charge in [0.25, 0.3) is 0 Å². The van der Waals surface area contributed by atoms with Crippen LogP contribution in [0.1, 0.15) is 96.8 Å². The SMILES string of the molecule is CC=CCCC=CCCC=CCCC=CCCC=CCCC=CCCCCCO. The highest BCUT2D eigenvalue weighted by Gasteiger charge is 1.85. The molecule has 0 heterocycles. The summed E-state index contributed by atoms with van der Waals surface area (Å²) in [6.07, 6.45) is 43.4. The molecule has 0 radical (unpaired) electrons. The van der Waals surface area contributed by atoms with Crippen molar-refractivity contribution >= 4 is 0 Å². The van der Waals surface area contributed by atoms with Crippen molar-refractivity contribution in [2.75, 3.05) is 6.61 Å². The fourth-order valence-electron chi connectivity index (χ4n) is 2.86. The molecular weight excluding hydrogens is 352 g/mol. The zero-order chi connectivity index (χ0) is 21.1. The molecule has 1 N–H and O–H groups in total. The van der Waals surface area contributed by atoms with Crippen molar-refractivity contribution in [3.8, 4) is 0 Å². The molecule has 0 rings (SSSR count). The van der Waals surface area contributed by atoms with E-state index in [0.717, 1.165) is 83.5 Å². The normalized spacial score (nSPS) is 13.0. The summed E-state index contributed by atoms with van der Waals surface area (Å²) in [5.74, 6) is 0. The number of rotatable bonds is 20. The summed E-state index contributed by atoms with van der Waals surface area (Å²) < 4.78 is 0. The van der Waals surface area contributed by atoms with Gasteiger partial charge in [-0.1, -0.05) is 79.3 Å². The molecule has 0 aromatic rings. The van der Waals surface area contributed by atoms with Gasteiger partial charge < -0.3 is 5.11 Å². The highest BCUT2D eigenvalue weighted by atomic mass is 16.2. The summed E-state index contributed by atoms with van der Waals surface area (Å²) in [6.45, 7) is 2.41. The first-order valence-electron chi connectivity index (χ1n) is 11.9. The Bertz CT molecular complexity index is 477. The largest absolute Gasteiger partial charge is 0.396 e. The maximum Gasteiger partial charge on any atom is 0.0431 e. The molecule has 0 atom stereocenters.